The Morgan fingerprint density at radius 3 is 2.58 bits per heavy atom. The summed E-state index contributed by atoms with van der Waals surface area (Å²) in [5, 5.41) is 19.3. The van der Waals surface area contributed by atoms with Crippen molar-refractivity contribution in [2.75, 3.05) is 11.3 Å². The maximum absolute atomic E-state index is 12.3. The molecule has 0 saturated heterocycles. The highest BCUT2D eigenvalue weighted by Crippen LogP contribution is 2.23. The van der Waals surface area contributed by atoms with Gasteiger partial charge < -0.3 is 9.84 Å². The van der Waals surface area contributed by atoms with Crippen molar-refractivity contribution in [3.63, 3.8) is 0 Å². The van der Waals surface area contributed by atoms with Crippen molar-refractivity contribution >= 4 is 27.4 Å². The first-order valence-electron chi connectivity index (χ1n) is 6.50. The van der Waals surface area contributed by atoms with Crippen molar-refractivity contribution < 1.29 is 28.0 Å². The molecule has 0 aliphatic carbocycles. The Morgan fingerprint density at radius 2 is 1.92 bits per heavy atom. The van der Waals surface area contributed by atoms with Gasteiger partial charge in [0.1, 0.15) is 5.75 Å². The number of benzene rings is 2. The Morgan fingerprint density at radius 1 is 1.21 bits per heavy atom. The molecule has 0 aliphatic heterocycles. The molecule has 2 aromatic rings. The summed E-state index contributed by atoms with van der Waals surface area (Å²) in [4.78, 5) is 20.2. The van der Waals surface area contributed by atoms with Crippen molar-refractivity contribution in [2.24, 2.45) is 0 Å². The number of nitro groups is 1. The largest absolute Gasteiger partial charge is 0.482 e. The van der Waals surface area contributed by atoms with Gasteiger partial charge in [0.15, 0.2) is 6.61 Å². The lowest BCUT2D eigenvalue weighted by molar-refractivity contribution is -0.385. The van der Waals surface area contributed by atoms with E-state index in [-0.39, 0.29) is 22.0 Å². The number of nitrogens with zero attached hydrogens (tertiary/aromatic N) is 1. The highest BCUT2D eigenvalue weighted by atomic mass is 32.2. The summed E-state index contributed by atoms with van der Waals surface area (Å²) in [6.45, 7) is -0.568. The number of non-ortho nitro benzene ring substituents is 1. The molecule has 0 spiro atoms. The molecule has 0 atom stereocenters. The summed E-state index contributed by atoms with van der Waals surface area (Å²) in [6.07, 6.45) is 0. The number of carbonyl (C=O) groups is 1. The Bertz CT molecular complexity index is 880. The second-order valence-electron chi connectivity index (χ2n) is 4.57. The van der Waals surface area contributed by atoms with Crippen molar-refractivity contribution in [2.45, 2.75) is 4.90 Å². The number of nitro benzene ring substituents is 1. The molecule has 0 heterocycles. The van der Waals surface area contributed by atoms with E-state index in [0.717, 1.165) is 6.07 Å². The molecule has 0 aromatic heterocycles. The zero-order valence-electron chi connectivity index (χ0n) is 12.1. The zero-order valence-corrected chi connectivity index (χ0v) is 12.9. The molecule has 10 heteroatoms. The molecule has 0 bridgehead atoms. The van der Waals surface area contributed by atoms with Gasteiger partial charge in [-0.05, 0) is 18.2 Å². The molecule has 0 saturated carbocycles. The van der Waals surface area contributed by atoms with Crippen LogP contribution in [-0.2, 0) is 14.8 Å². The number of aliphatic carboxylic acids is 1. The summed E-state index contributed by atoms with van der Waals surface area (Å²) in [5.74, 6) is -1.01. The van der Waals surface area contributed by atoms with Crippen LogP contribution < -0.4 is 9.46 Å². The average Bonchev–Trinajstić information content (AvgIpc) is 2.53. The normalized spacial score (nSPS) is 10.8. The lowest BCUT2D eigenvalue weighted by Crippen LogP contribution is -2.13. The fourth-order valence-electron chi connectivity index (χ4n) is 1.77. The van der Waals surface area contributed by atoms with Crippen molar-refractivity contribution in [1.82, 2.24) is 0 Å². The Kier molecular flexibility index (Phi) is 4.99. The quantitative estimate of drug-likeness (QED) is 0.573. The predicted molar refractivity (Wildman–Crippen MR) is 83.5 cm³/mol. The molecule has 0 fully saturated rings. The van der Waals surface area contributed by atoms with Gasteiger partial charge in [-0.2, -0.15) is 0 Å². The van der Waals surface area contributed by atoms with Crippen LogP contribution in [0.5, 0.6) is 5.75 Å². The number of rotatable bonds is 7. The highest BCUT2D eigenvalue weighted by Gasteiger charge is 2.18. The smallest absolute Gasteiger partial charge is 0.341 e. The lowest BCUT2D eigenvalue weighted by atomic mass is 10.3. The zero-order chi connectivity index (χ0) is 17.7. The number of sulfonamides is 1. The minimum absolute atomic E-state index is 0.129. The van der Waals surface area contributed by atoms with E-state index in [1.54, 1.807) is 0 Å². The Balaban J connectivity index is 2.23. The summed E-state index contributed by atoms with van der Waals surface area (Å²) in [6, 6.07) is 10.3. The number of anilines is 1. The molecule has 0 radical (unpaired) electrons. The molecule has 126 valence electrons. The van der Waals surface area contributed by atoms with Crippen LogP contribution in [0.1, 0.15) is 0 Å². The number of ether oxygens (including phenoxy) is 1. The minimum atomic E-state index is -4.04. The number of carboxylic acids is 1. The van der Waals surface area contributed by atoms with Crippen LogP contribution in [0, 0.1) is 10.1 Å². The molecule has 2 N–H and O–H groups in total. The molecule has 0 aliphatic rings. The second-order valence-corrected chi connectivity index (χ2v) is 6.25. The molecular formula is C14H12N2O7S. The number of carboxylic acid groups (broad SMARTS) is 1. The van der Waals surface area contributed by atoms with Crippen LogP contribution in [0.15, 0.2) is 53.4 Å². The highest BCUT2D eigenvalue weighted by molar-refractivity contribution is 7.92. The summed E-state index contributed by atoms with van der Waals surface area (Å²) < 4.78 is 31.8. The van der Waals surface area contributed by atoms with Crippen molar-refractivity contribution in [3.05, 3.63) is 58.6 Å². The first-order valence-corrected chi connectivity index (χ1v) is 7.98. The molecule has 9 nitrogen and oxygen atoms in total. The van der Waals surface area contributed by atoms with Gasteiger partial charge in [0.2, 0.25) is 0 Å². The van der Waals surface area contributed by atoms with E-state index in [2.05, 4.69) is 4.72 Å². The maximum atomic E-state index is 12.3. The van der Waals surface area contributed by atoms with E-state index >= 15 is 0 Å². The van der Waals surface area contributed by atoms with E-state index in [1.807, 2.05) is 0 Å². The maximum Gasteiger partial charge on any atom is 0.341 e. The Labute approximate surface area is 136 Å². The van der Waals surface area contributed by atoms with Gasteiger partial charge in [0.05, 0.1) is 15.5 Å². The number of hydrogen-bond acceptors (Lipinski definition) is 6. The van der Waals surface area contributed by atoms with Crippen molar-refractivity contribution in [3.8, 4) is 5.75 Å². The van der Waals surface area contributed by atoms with Crippen LogP contribution in [-0.4, -0.2) is 31.0 Å². The van der Waals surface area contributed by atoms with Gasteiger partial charge in [0, 0.05) is 18.2 Å². The van der Waals surface area contributed by atoms with E-state index in [4.69, 9.17) is 9.84 Å². The van der Waals surface area contributed by atoms with Gasteiger partial charge in [0.25, 0.3) is 15.7 Å². The van der Waals surface area contributed by atoms with Crippen molar-refractivity contribution in [1.29, 1.82) is 0 Å². The third-order valence-corrected chi connectivity index (χ3v) is 4.17. The SMILES string of the molecule is O=C(O)COc1cccc(NS(=O)(=O)c2cccc([N+](=O)[O-])c2)c1. The first-order chi connectivity index (χ1) is 11.3. The van der Waals surface area contributed by atoms with Crippen LogP contribution in [0.2, 0.25) is 0 Å². The summed E-state index contributed by atoms with van der Waals surface area (Å²) in [5.41, 5.74) is -0.221. The van der Waals surface area contributed by atoms with Gasteiger partial charge in [-0.25, -0.2) is 13.2 Å². The van der Waals surface area contributed by atoms with Gasteiger partial charge in [-0.3, -0.25) is 14.8 Å². The molecule has 2 rings (SSSR count). The standard InChI is InChI=1S/C14H12N2O7S/c17-14(18)9-23-12-5-1-3-10(7-12)15-24(21,22)13-6-2-4-11(8-13)16(19)20/h1-8,15H,9H2,(H,17,18). The van der Waals surface area contributed by atoms with Crippen LogP contribution in [0.25, 0.3) is 0 Å². The third-order valence-electron chi connectivity index (χ3n) is 2.79. The summed E-state index contributed by atoms with van der Waals surface area (Å²) in [7, 11) is -4.04. The number of nitrogens with one attached hydrogen (secondary N) is 1. The lowest BCUT2D eigenvalue weighted by Gasteiger charge is -2.10. The minimum Gasteiger partial charge on any atom is -0.482 e. The monoisotopic (exact) mass is 352 g/mol. The molecule has 24 heavy (non-hydrogen) atoms. The molecular weight excluding hydrogens is 340 g/mol. The van der Waals surface area contributed by atoms with E-state index in [0.29, 0.717) is 0 Å². The fourth-order valence-corrected chi connectivity index (χ4v) is 2.86. The van der Waals surface area contributed by atoms with E-state index in [9.17, 15) is 23.3 Å². The topological polar surface area (TPSA) is 136 Å². The third kappa shape index (κ3) is 4.43. The summed E-state index contributed by atoms with van der Waals surface area (Å²) >= 11 is 0. The van der Waals surface area contributed by atoms with E-state index < -0.39 is 27.5 Å². The molecule has 0 unspecified atom stereocenters. The second kappa shape index (κ2) is 6.96. The fraction of sp³-hybridized carbons (Fsp3) is 0.0714. The van der Waals surface area contributed by atoms with Gasteiger partial charge in [-0.1, -0.05) is 12.1 Å². The molecule has 0 amide bonds. The Hall–Kier alpha value is -3.14. The van der Waals surface area contributed by atoms with Crippen LogP contribution in [0.3, 0.4) is 0 Å². The van der Waals surface area contributed by atoms with E-state index in [1.165, 1.54) is 42.5 Å². The first kappa shape index (κ1) is 17.2. The van der Waals surface area contributed by atoms with Gasteiger partial charge >= 0.3 is 5.97 Å². The van der Waals surface area contributed by atoms with Crippen LogP contribution in [0.4, 0.5) is 11.4 Å². The predicted octanol–water partition coefficient (Wildman–Crippen LogP) is 1.86. The van der Waals surface area contributed by atoms with Gasteiger partial charge in [-0.15, -0.1) is 0 Å². The van der Waals surface area contributed by atoms with Crippen LogP contribution >= 0.6 is 0 Å². The average molecular weight is 352 g/mol. The molecule has 2 aromatic carbocycles. The number of hydrogen-bond donors (Lipinski definition) is 2.